The van der Waals surface area contributed by atoms with Gasteiger partial charge in [0, 0.05) is 0 Å². The van der Waals surface area contributed by atoms with Crippen LogP contribution in [-0.4, -0.2) is 32.2 Å². The summed E-state index contributed by atoms with van der Waals surface area (Å²) >= 11 is 6.38. The van der Waals surface area contributed by atoms with Crippen molar-refractivity contribution in [1.29, 1.82) is 0 Å². The van der Waals surface area contributed by atoms with Crippen LogP contribution in [0.1, 0.15) is 31.7 Å². The molecule has 4 nitrogen and oxygen atoms in total. The van der Waals surface area contributed by atoms with Gasteiger partial charge in [-0.25, -0.2) is 4.79 Å². The van der Waals surface area contributed by atoms with Gasteiger partial charge in [0.05, 0.1) is 4.91 Å². The number of hydrogen-bond acceptors (Lipinski definition) is 4. The molecule has 1 unspecified atom stereocenters. The molecule has 0 saturated carbocycles. The topological polar surface area (TPSA) is 57.6 Å². The van der Waals surface area contributed by atoms with E-state index in [0.29, 0.717) is 15.6 Å². The van der Waals surface area contributed by atoms with Gasteiger partial charge in [-0.15, -0.1) is 0 Å². The first kappa shape index (κ1) is 16.7. The van der Waals surface area contributed by atoms with E-state index in [-0.39, 0.29) is 5.91 Å². The molecular weight excluding hydrogens is 318 g/mol. The lowest BCUT2D eigenvalue weighted by atomic mass is 10.1. The summed E-state index contributed by atoms with van der Waals surface area (Å²) in [7, 11) is 0. The van der Waals surface area contributed by atoms with Gasteiger partial charge in [0.15, 0.2) is 0 Å². The Labute approximate surface area is 139 Å². The molecule has 1 aliphatic heterocycles. The molecule has 0 radical (unpaired) electrons. The lowest BCUT2D eigenvalue weighted by Gasteiger charge is -2.22. The van der Waals surface area contributed by atoms with Gasteiger partial charge in [-0.1, -0.05) is 74.1 Å². The van der Waals surface area contributed by atoms with Gasteiger partial charge in [-0.05, 0) is 18.1 Å². The molecule has 0 spiro atoms. The average Bonchev–Trinajstić information content (AvgIpc) is 2.76. The van der Waals surface area contributed by atoms with Crippen molar-refractivity contribution in [2.45, 2.75) is 32.2 Å². The molecule has 1 amide bonds. The summed E-state index contributed by atoms with van der Waals surface area (Å²) in [6.45, 7) is 1.98. The Morgan fingerprint density at radius 2 is 2.09 bits per heavy atom. The Balaban J connectivity index is 2.24. The first-order valence-electron chi connectivity index (χ1n) is 7.09. The molecule has 0 aliphatic carbocycles. The molecule has 1 aromatic carbocycles. The predicted octanol–water partition coefficient (Wildman–Crippen LogP) is 3.53. The van der Waals surface area contributed by atoms with Crippen molar-refractivity contribution in [3.63, 3.8) is 0 Å². The molecule has 1 atom stereocenters. The Kier molecular flexibility index (Phi) is 5.74. The normalized spacial score (nSPS) is 18.0. The minimum atomic E-state index is -1.01. The monoisotopic (exact) mass is 335 g/mol. The van der Waals surface area contributed by atoms with Gasteiger partial charge in [-0.2, -0.15) is 0 Å². The maximum atomic E-state index is 12.5. The summed E-state index contributed by atoms with van der Waals surface area (Å²) in [5.41, 5.74) is 0.892. The fraction of sp³-hybridized carbons (Fsp3) is 0.312. The van der Waals surface area contributed by atoms with E-state index in [1.807, 2.05) is 37.3 Å². The number of hydrogen-bond donors (Lipinski definition) is 1. The number of carbonyl (C=O) groups is 2. The van der Waals surface area contributed by atoms with Crippen molar-refractivity contribution in [2.24, 2.45) is 0 Å². The number of carboxylic acid groups (broad SMARTS) is 1. The number of rotatable bonds is 6. The third-order valence-corrected chi connectivity index (χ3v) is 4.68. The number of benzene rings is 1. The SMILES string of the molecule is CCCCC(C(=O)O)N1C(=O)/C(=C/c2ccccc2)SC1=S. The summed E-state index contributed by atoms with van der Waals surface area (Å²) in [6, 6.07) is 8.56. The standard InChI is InChI=1S/C16H17NO3S2/c1-2-3-9-12(15(19)20)17-14(18)13(22-16(17)21)10-11-7-5-4-6-8-11/h4-8,10,12H,2-3,9H2,1H3,(H,19,20)/b13-10-. The second kappa shape index (κ2) is 7.56. The van der Waals surface area contributed by atoms with Gasteiger partial charge in [0.1, 0.15) is 10.4 Å². The van der Waals surface area contributed by atoms with Crippen molar-refractivity contribution in [1.82, 2.24) is 4.90 Å². The van der Waals surface area contributed by atoms with Crippen molar-refractivity contribution in [2.75, 3.05) is 0 Å². The summed E-state index contributed by atoms with van der Waals surface area (Å²) in [5, 5.41) is 9.39. The van der Waals surface area contributed by atoms with Crippen LogP contribution in [0.25, 0.3) is 6.08 Å². The van der Waals surface area contributed by atoms with Crippen LogP contribution < -0.4 is 0 Å². The summed E-state index contributed by atoms with van der Waals surface area (Å²) in [6.07, 6.45) is 3.78. The van der Waals surface area contributed by atoms with Crippen LogP contribution in [0.2, 0.25) is 0 Å². The van der Waals surface area contributed by atoms with E-state index in [4.69, 9.17) is 12.2 Å². The molecule has 0 aromatic heterocycles. The fourth-order valence-electron chi connectivity index (χ4n) is 2.21. The van der Waals surface area contributed by atoms with Crippen LogP contribution in [-0.2, 0) is 9.59 Å². The number of amides is 1. The van der Waals surface area contributed by atoms with Crippen LogP contribution in [0.3, 0.4) is 0 Å². The van der Waals surface area contributed by atoms with Crippen LogP contribution in [0, 0.1) is 0 Å². The van der Waals surface area contributed by atoms with E-state index < -0.39 is 12.0 Å². The molecular formula is C16H17NO3S2. The Bertz CT molecular complexity index is 613. The first-order valence-corrected chi connectivity index (χ1v) is 8.32. The third kappa shape index (κ3) is 3.75. The molecule has 1 heterocycles. The number of carboxylic acids is 1. The van der Waals surface area contributed by atoms with Gasteiger partial charge >= 0.3 is 5.97 Å². The second-order valence-corrected chi connectivity index (χ2v) is 6.63. The number of thioether (sulfide) groups is 1. The lowest BCUT2D eigenvalue weighted by molar-refractivity contribution is -0.145. The van der Waals surface area contributed by atoms with Gasteiger partial charge in [0.2, 0.25) is 0 Å². The number of carbonyl (C=O) groups excluding carboxylic acids is 1. The molecule has 1 aliphatic rings. The van der Waals surface area contributed by atoms with Crippen molar-refractivity contribution in [3.8, 4) is 0 Å². The van der Waals surface area contributed by atoms with Crippen molar-refractivity contribution in [3.05, 3.63) is 40.8 Å². The Hall–Kier alpha value is -1.66. The second-order valence-electron chi connectivity index (χ2n) is 4.96. The van der Waals surface area contributed by atoms with Crippen LogP contribution in [0.4, 0.5) is 0 Å². The van der Waals surface area contributed by atoms with Crippen LogP contribution >= 0.6 is 24.0 Å². The van der Waals surface area contributed by atoms with E-state index in [2.05, 4.69) is 0 Å². The lowest BCUT2D eigenvalue weighted by Crippen LogP contribution is -2.43. The average molecular weight is 335 g/mol. The van der Waals surface area contributed by atoms with Gasteiger partial charge in [0.25, 0.3) is 5.91 Å². The molecule has 6 heteroatoms. The molecule has 1 fully saturated rings. The molecule has 1 aromatic rings. The highest BCUT2D eigenvalue weighted by atomic mass is 32.2. The predicted molar refractivity (Wildman–Crippen MR) is 92.4 cm³/mol. The maximum Gasteiger partial charge on any atom is 0.326 e. The number of unbranched alkanes of at least 4 members (excludes halogenated alkanes) is 1. The Morgan fingerprint density at radius 1 is 1.41 bits per heavy atom. The molecule has 2 rings (SSSR count). The molecule has 1 N–H and O–H groups in total. The van der Waals surface area contributed by atoms with E-state index >= 15 is 0 Å². The van der Waals surface area contributed by atoms with E-state index in [1.165, 1.54) is 4.90 Å². The molecule has 116 valence electrons. The summed E-state index contributed by atoms with van der Waals surface area (Å²) in [5.74, 6) is -1.33. The molecule has 1 saturated heterocycles. The number of thiocarbonyl (C=S) groups is 1. The summed E-state index contributed by atoms with van der Waals surface area (Å²) < 4.78 is 0.315. The maximum absolute atomic E-state index is 12.5. The first-order chi connectivity index (χ1) is 10.5. The minimum Gasteiger partial charge on any atom is -0.480 e. The smallest absolute Gasteiger partial charge is 0.326 e. The Morgan fingerprint density at radius 3 is 2.68 bits per heavy atom. The van der Waals surface area contributed by atoms with E-state index in [1.54, 1.807) is 6.08 Å². The quantitative estimate of drug-likeness (QED) is 0.636. The molecule has 0 bridgehead atoms. The number of aliphatic carboxylic acids is 1. The number of nitrogens with zero attached hydrogens (tertiary/aromatic N) is 1. The van der Waals surface area contributed by atoms with Crippen molar-refractivity contribution >= 4 is 46.3 Å². The largest absolute Gasteiger partial charge is 0.480 e. The molecule has 22 heavy (non-hydrogen) atoms. The minimum absolute atomic E-state index is 0.315. The van der Waals surface area contributed by atoms with E-state index in [0.717, 1.165) is 30.2 Å². The van der Waals surface area contributed by atoms with Gasteiger partial charge < -0.3 is 5.11 Å². The zero-order valence-electron chi connectivity index (χ0n) is 12.2. The van der Waals surface area contributed by atoms with Crippen LogP contribution in [0.5, 0.6) is 0 Å². The summed E-state index contributed by atoms with van der Waals surface area (Å²) in [4.78, 5) is 25.7. The van der Waals surface area contributed by atoms with Gasteiger partial charge in [-0.3, -0.25) is 9.69 Å². The van der Waals surface area contributed by atoms with Crippen molar-refractivity contribution < 1.29 is 14.7 Å². The third-order valence-electron chi connectivity index (χ3n) is 3.35. The van der Waals surface area contributed by atoms with E-state index in [9.17, 15) is 14.7 Å². The highest BCUT2D eigenvalue weighted by molar-refractivity contribution is 8.26. The highest BCUT2D eigenvalue weighted by Crippen LogP contribution is 2.34. The fourth-order valence-corrected chi connectivity index (χ4v) is 3.57. The zero-order valence-corrected chi connectivity index (χ0v) is 13.8. The highest BCUT2D eigenvalue weighted by Gasteiger charge is 2.39. The zero-order chi connectivity index (χ0) is 16.1. The van der Waals surface area contributed by atoms with Crippen LogP contribution in [0.15, 0.2) is 35.2 Å².